The summed E-state index contributed by atoms with van der Waals surface area (Å²) >= 11 is 1.45. The SMILES string of the molecule is COCCOCCOCCOCCN(Cc1ccc(-c2cc3nccc(Oc4ccc(CC(=O)CC5CC5)cc4F)c3s2)nc1)C(C)=O. The molecule has 10 nitrogen and oxygen atoms in total. The van der Waals surface area contributed by atoms with E-state index in [4.69, 9.17) is 23.7 Å². The number of rotatable bonds is 21. The molecule has 48 heavy (non-hydrogen) atoms. The maximum absolute atomic E-state index is 15.0. The molecule has 1 fully saturated rings. The number of pyridine rings is 2. The number of ketones is 1. The number of hydrogen-bond acceptors (Lipinski definition) is 10. The van der Waals surface area contributed by atoms with Gasteiger partial charge in [0.1, 0.15) is 11.5 Å². The summed E-state index contributed by atoms with van der Waals surface area (Å²) in [5.74, 6) is 0.666. The number of carbonyl (C=O) groups excluding carboxylic acids is 2. The summed E-state index contributed by atoms with van der Waals surface area (Å²) in [6, 6.07) is 12.2. The van der Waals surface area contributed by atoms with Gasteiger partial charge in [-0.3, -0.25) is 19.6 Å². The highest BCUT2D eigenvalue weighted by Crippen LogP contribution is 2.39. The van der Waals surface area contributed by atoms with Gasteiger partial charge in [0.05, 0.1) is 67.0 Å². The lowest BCUT2D eigenvalue weighted by atomic mass is 10.0. The van der Waals surface area contributed by atoms with Crippen molar-refractivity contribution in [3.63, 3.8) is 0 Å². The van der Waals surface area contributed by atoms with Gasteiger partial charge in [0, 0.05) is 58.4 Å². The third kappa shape index (κ3) is 10.9. The topological polar surface area (TPSA) is 109 Å². The van der Waals surface area contributed by atoms with Crippen molar-refractivity contribution in [3.05, 3.63) is 71.8 Å². The normalized spacial score (nSPS) is 12.8. The Morgan fingerprint density at radius 2 is 1.62 bits per heavy atom. The first-order valence-electron chi connectivity index (χ1n) is 16.2. The van der Waals surface area contributed by atoms with Crippen LogP contribution in [0.15, 0.2) is 54.9 Å². The summed E-state index contributed by atoms with van der Waals surface area (Å²) in [5.41, 5.74) is 3.00. The Balaban J connectivity index is 1.12. The van der Waals surface area contributed by atoms with Crippen LogP contribution >= 0.6 is 11.3 Å². The number of thiophene rings is 1. The van der Waals surface area contributed by atoms with Crippen LogP contribution in [0.2, 0.25) is 0 Å². The van der Waals surface area contributed by atoms with Crippen LogP contribution in [0.25, 0.3) is 20.8 Å². The first kappa shape index (κ1) is 35.5. The van der Waals surface area contributed by atoms with Crippen LogP contribution in [-0.4, -0.2) is 86.5 Å². The fourth-order valence-electron chi connectivity index (χ4n) is 5.01. The summed E-state index contributed by atoms with van der Waals surface area (Å²) in [7, 11) is 1.63. The highest BCUT2D eigenvalue weighted by molar-refractivity contribution is 7.22. The molecule has 0 atom stereocenters. The van der Waals surface area contributed by atoms with Gasteiger partial charge in [0.2, 0.25) is 5.91 Å². The minimum Gasteiger partial charge on any atom is -0.453 e. The van der Waals surface area contributed by atoms with E-state index in [-0.39, 0.29) is 23.9 Å². The van der Waals surface area contributed by atoms with Crippen LogP contribution in [0, 0.1) is 11.7 Å². The molecule has 3 aromatic heterocycles. The van der Waals surface area contributed by atoms with Gasteiger partial charge in [0.15, 0.2) is 11.6 Å². The monoisotopic (exact) mass is 679 g/mol. The second-order valence-electron chi connectivity index (χ2n) is 11.7. The van der Waals surface area contributed by atoms with Crippen molar-refractivity contribution >= 4 is 33.2 Å². The van der Waals surface area contributed by atoms with Gasteiger partial charge in [-0.25, -0.2) is 4.39 Å². The molecule has 0 saturated heterocycles. The van der Waals surface area contributed by atoms with Crippen molar-refractivity contribution in [1.82, 2.24) is 14.9 Å². The number of benzene rings is 1. The van der Waals surface area contributed by atoms with E-state index in [9.17, 15) is 14.0 Å². The molecule has 0 unspecified atom stereocenters. The molecule has 4 aromatic rings. The lowest BCUT2D eigenvalue weighted by Gasteiger charge is -2.21. The number of methoxy groups -OCH3 is 1. The second kappa shape index (κ2) is 18.1. The molecule has 0 spiro atoms. The zero-order valence-corrected chi connectivity index (χ0v) is 28.3. The number of aromatic nitrogens is 2. The molecule has 1 aromatic carbocycles. The van der Waals surface area contributed by atoms with Crippen molar-refractivity contribution in [2.45, 2.75) is 39.2 Å². The molecular formula is C36H42FN3O7S. The van der Waals surface area contributed by atoms with Gasteiger partial charge in [0.25, 0.3) is 0 Å². The molecule has 5 rings (SSSR count). The second-order valence-corrected chi connectivity index (χ2v) is 12.7. The first-order chi connectivity index (χ1) is 23.4. The molecule has 0 aliphatic heterocycles. The van der Waals surface area contributed by atoms with Crippen molar-refractivity contribution in [2.24, 2.45) is 5.92 Å². The summed E-state index contributed by atoms with van der Waals surface area (Å²) in [5, 5.41) is 0. The highest BCUT2D eigenvalue weighted by Gasteiger charge is 2.24. The van der Waals surface area contributed by atoms with Crippen molar-refractivity contribution in [2.75, 3.05) is 59.9 Å². The lowest BCUT2D eigenvalue weighted by molar-refractivity contribution is -0.130. The predicted octanol–water partition coefficient (Wildman–Crippen LogP) is 6.25. The maximum Gasteiger partial charge on any atom is 0.219 e. The third-order valence-electron chi connectivity index (χ3n) is 7.78. The molecule has 12 heteroatoms. The lowest BCUT2D eigenvalue weighted by Crippen LogP contribution is -2.32. The third-order valence-corrected chi connectivity index (χ3v) is 8.95. The molecular weight excluding hydrogens is 637 g/mol. The largest absolute Gasteiger partial charge is 0.453 e. The maximum atomic E-state index is 15.0. The number of nitrogens with zero attached hydrogens (tertiary/aromatic N) is 3. The molecule has 0 radical (unpaired) electrons. The van der Waals surface area contributed by atoms with Crippen LogP contribution in [0.3, 0.4) is 0 Å². The summed E-state index contributed by atoms with van der Waals surface area (Å²) in [4.78, 5) is 36.2. The predicted molar refractivity (Wildman–Crippen MR) is 181 cm³/mol. The van der Waals surface area contributed by atoms with Crippen LogP contribution in [0.4, 0.5) is 4.39 Å². The van der Waals surface area contributed by atoms with Crippen molar-refractivity contribution < 1.29 is 37.7 Å². The molecule has 1 aliphatic carbocycles. The van der Waals surface area contributed by atoms with E-state index in [1.807, 2.05) is 18.2 Å². The Bertz CT molecular complexity index is 1640. The molecule has 1 amide bonds. The number of ether oxygens (including phenoxy) is 5. The van der Waals surface area contributed by atoms with Crippen LogP contribution in [-0.2, 0) is 41.5 Å². The van der Waals surface area contributed by atoms with Gasteiger partial charge < -0.3 is 28.6 Å². The fraction of sp³-hybridized carbons (Fsp3) is 0.444. The van der Waals surface area contributed by atoms with E-state index in [2.05, 4.69) is 9.97 Å². The summed E-state index contributed by atoms with van der Waals surface area (Å²) in [6.45, 7) is 5.77. The number of halogens is 1. The minimum absolute atomic E-state index is 0.0524. The van der Waals surface area contributed by atoms with Gasteiger partial charge >= 0.3 is 0 Å². The zero-order valence-electron chi connectivity index (χ0n) is 27.5. The van der Waals surface area contributed by atoms with Gasteiger partial charge in [-0.2, -0.15) is 0 Å². The number of amides is 1. The van der Waals surface area contributed by atoms with Gasteiger partial charge in [-0.05, 0) is 54.2 Å². The molecule has 0 bridgehead atoms. The number of fused-ring (bicyclic) bond motifs is 1. The highest BCUT2D eigenvalue weighted by atomic mass is 32.1. The Kier molecular flexibility index (Phi) is 13.4. The van der Waals surface area contributed by atoms with Crippen molar-refractivity contribution in [3.8, 4) is 22.1 Å². The van der Waals surface area contributed by atoms with E-state index in [0.717, 1.165) is 33.7 Å². The smallest absolute Gasteiger partial charge is 0.219 e. The Morgan fingerprint density at radius 1 is 0.896 bits per heavy atom. The molecule has 1 saturated carbocycles. The number of carbonyl (C=O) groups is 2. The molecule has 1 aliphatic rings. The summed E-state index contributed by atoms with van der Waals surface area (Å²) in [6.07, 6.45) is 6.42. The Labute approximate surface area is 284 Å². The van der Waals surface area contributed by atoms with E-state index in [1.54, 1.807) is 42.6 Å². The van der Waals surface area contributed by atoms with E-state index < -0.39 is 5.82 Å². The van der Waals surface area contributed by atoms with Crippen LogP contribution < -0.4 is 4.74 Å². The van der Waals surface area contributed by atoms with E-state index in [0.29, 0.717) is 88.5 Å². The van der Waals surface area contributed by atoms with Gasteiger partial charge in [-0.15, -0.1) is 11.3 Å². The molecule has 256 valence electrons. The zero-order chi connectivity index (χ0) is 33.7. The minimum atomic E-state index is -0.513. The average Bonchev–Trinajstić information content (AvgIpc) is 3.77. The standard InChI is InChI=1S/C36H42FN3O7S/c1-25(41)40(11-12-44-15-16-46-18-17-45-14-13-43-2)24-28-5-7-31(39-23-28)35-22-32-36(48-35)34(9-10-38-32)47-33-8-6-27(21-30(33)37)20-29(42)19-26-3-4-26/h5-10,21-23,26H,3-4,11-20,24H2,1-2H3. The van der Waals surface area contributed by atoms with Crippen LogP contribution in [0.5, 0.6) is 11.5 Å². The quantitative estimate of drug-likeness (QED) is 0.0945. The number of hydrogen-bond donors (Lipinski definition) is 0. The summed E-state index contributed by atoms with van der Waals surface area (Å²) < 4.78 is 43.1. The first-order valence-corrected chi connectivity index (χ1v) is 17.0. The van der Waals surface area contributed by atoms with E-state index in [1.165, 1.54) is 24.3 Å². The Hall–Kier alpha value is -3.81. The molecule has 0 N–H and O–H groups in total. The fourth-order valence-corrected chi connectivity index (χ4v) is 6.05. The van der Waals surface area contributed by atoms with Crippen molar-refractivity contribution in [1.29, 1.82) is 0 Å². The van der Waals surface area contributed by atoms with Gasteiger partial charge in [-0.1, -0.05) is 12.1 Å². The number of Topliss-reactive ketones (excluding diaryl/α,β-unsaturated/α-hetero) is 1. The average molecular weight is 680 g/mol. The Morgan fingerprint density at radius 3 is 2.29 bits per heavy atom. The van der Waals surface area contributed by atoms with E-state index >= 15 is 0 Å². The van der Waals surface area contributed by atoms with Crippen LogP contribution in [0.1, 0.15) is 37.3 Å². The molecule has 3 heterocycles.